The monoisotopic (exact) mass is 363 g/mol. The van der Waals surface area contributed by atoms with Crippen LogP contribution in [0.5, 0.6) is 0 Å². The molecule has 0 N–H and O–H groups in total. The fourth-order valence-electron chi connectivity index (χ4n) is 3.62. The molecule has 0 bridgehead atoms. The van der Waals surface area contributed by atoms with E-state index in [1.165, 1.54) is 5.56 Å². The molecule has 0 unspecified atom stereocenters. The van der Waals surface area contributed by atoms with Gasteiger partial charge in [0.15, 0.2) is 0 Å². The van der Waals surface area contributed by atoms with E-state index in [-0.39, 0.29) is 0 Å². The van der Waals surface area contributed by atoms with Gasteiger partial charge in [0, 0.05) is 18.6 Å². The van der Waals surface area contributed by atoms with Crippen LogP contribution in [0.25, 0.3) is 39.2 Å². The summed E-state index contributed by atoms with van der Waals surface area (Å²) < 4.78 is 1.84. The van der Waals surface area contributed by atoms with E-state index in [1.54, 1.807) is 0 Å². The number of hydrogen-bond donors (Lipinski definition) is 0. The minimum atomic E-state index is 0.715. The average Bonchev–Trinajstić information content (AvgIpc) is 3.07. The molecule has 136 valence electrons. The maximum atomic E-state index is 9.26. The molecule has 3 nitrogen and oxygen atoms in total. The second-order valence-corrected chi connectivity index (χ2v) is 7.02. The SMILES string of the molecule is C/C=C\c1ccc(-c2ccc3nn(C)cc3c2)c(-c2ccc(C#N)c(C)c2)c1. The van der Waals surface area contributed by atoms with E-state index in [1.807, 2.05) is 50.0 Å². The van der Waals surface area contributed by atoms with Crippen molar-refractivity contribution in [3.8, 4) is 28.3 Å². The number of fused-ring (bicyclic) bond motifs is 1. The first kappa shape index (κ1) is 17.8. The highest BCUT2D eigenvalue weighted by Crippen LogP contribution is 2.35. The normalized spacial score (nSPS) is 11.2. The maximum Gasteiger partial charge on any atom is 0.0994 e. The van der Waals surface area contributed by atoms with Crippen LogP contribution in [0.2, 0.25) is 0 Å². The molecule has 4 aromatic rings. The molecule has 0 aliphatic rings. The van der Waals surface area contributed by atoms with Crippen molar-refractivity contribution in [1.29, 1.82) is 5.26 Å². The van der Waals surface area contributed by atoms with Crippen molar-refractivity contribution in [3.63, 3.8) is 0 Å². The Hall–Kier alpha value is -3.64. The van der Waals surface area contributed by atoms with E-state index in [4.69, 9.17) is 0 Å². The summed E-state index contributed by atoms with van der Waals surface area (Å²) in [6.07, 6.45) is 6.19. The summed E-state index contributed by atoms with van der Waals surface area (Å²) in [7, 11) is 1.94. The van der Waals surface area contributed by atoms with Crippen molar-refractivity contribution in [2.24, 2.45) is 7.05 Å². The van der Waals surface area contributed by atoms with Gasteiger partial charge in [-0.1, -0.05) is 42.5 Å². The van der Waals surface area contributed by atoms with E-state index in [2.05, 4.69) is 59.7 Å². The van der Waals surface area contributed by atoms with Gasteiger partial charge in [-0.15, -0.1) is 0 Å². The highest BCUT2D eigenvalue weighted by molar-refractivity contribution is 5.90. The van der Waals surface area contributed by atoms with E-state index in [9.17, 15) is 5.26 Å². The number of aryl methyl sites for hydroxylation is 2. The van der Waals surface area contributed by atoms with E-state index < -0.39 is 0 Å². The standard InChI is InChI=1S/C25H21N3/c1-4-5-18-6-10-23(20-9-11-25-22(14-20)16-28(3)27-25)24(13-18)19-7-8-21(15-26)17(2)12-19/h4-14,16H,1-3H3/b5-4-. The molecule has 3 heteroatoms. The third-order valence-electron chi connectivity index (χ3n) is 4.99. The summed E-state index contributed by atoms with van der Waals surface area (Å²) in [6, 6.07) is 21.2. The predicted molar refractivity (Wildman–Crippen MR) is 116 cm³/mol. The molecule has 1 heterocycles. The van der Waals surface area contributed by atoms with E-state index in [0.717, 1.165) is 38.7 Å². The molecular formula is C25H21N3. The number of allylic oxidation sites excluding steroid dienone is 1. The van der Waals surface area contributed by atoms with E-state index in [0.29, 0.717) is 5.56 Å². The first-order valence-corrected chi connectivity index (χ1v) is 9.30. The molecule has 0 fully saturated rings. The smallest absolute Gasteiger partial charge is 0.0994 e. The Morgan fingerprint density at radius 1 is 0.964 bits per heavy atom. The summed E-state index contributed by atoms with van der Waals surface area (Å²) in [6.45, 7) is 4.01. The first-order chi connectivity index (χ1) is 13.6. The predicted octanol–water partition coefficient (Wildman–Crippen LogP) is 6.12. The zero-order valence-electron chi connectivity index (χ0n) is 16.3. The van der Waals surface area contributed by atoms with Crippen LogP contribution in [0.15, 0.2) is 66.9 Å². The van der Waals surface area contributed by atoms with Crippen molar-refractivity contribution in [2.45, 2.75) is 13.8 Å². The molecular weight excluding hydrogens is 342 g/mol. The van der Waals surface area contributed by atoms with Crippen LogP contribution in [0.3, 0.4) is 0 Å². The molecule has 28 heavy (non-hydrogen) atoms. The highest BCUT2D eigenvalue weighted by atomic mass is 15.2. The Labute approximate surface area is 165 Å². The summed E-state index contributed by atoms with van der Waals surface area (Å²) >= 11 is 0. The lowest BCUT2D eigenvalue weighted by Crippen LogP contribution is -1.90. The Kier molecular flexibility index (Phi) is 4.55. The quantitative estimate of drug-likeness (QED) is 0.440. The van der Waals surface area contributed by atoms with Crippen LogP contribution in [-0.2, 0) is 7.05 Å². The molecule has 0 aliphatic carbocycles. The Bertz CT molecular complexity index is 1250. The van der Waals surface area contributed by atoms with Gasteiger partial charge in [0.1, 0.15) is 0 Å². The summed E-state index contributed by atoms with van der Waals surface area (Å²) in [4.78, 5) is 0. The van der Waals surface area contributed by atoms with Crippen molar-refractivity contribution in [3.05, 3.63) is 83.6 Å². The van der Waals surface area contributed by atoms with Gasteiger partial charge in [-0.2, -0.15) is 10.4 Å². The summed E-state index contributed by atoms with van der Waals surface area (Å²) in [5, 5.41) is 14.9. The van der Waals surface area contributed by atoms with Crippen LogP contribution >= 0.6 is 0 Å². The molecule has 0 amide bonds. The molecule has 0 saturated heterocycles. The Morgan fingerprint density at radius 3 is 2.50 bits per heavy atom. The topological polar surface area (TPSA) is 41.6 Å². The molecule has 0 atom stereocenters. The third kappa shape index (κ3) is 3.21. The third-order valence-corrected chi connectivity index (χ3v) is 4.99. The van der Waals surface area contributed by atoms with Gasteiger partial charge < -0.3 is 0 Å². The van der Waals surface area contributed by atoms with Crippen LogP contribution in [0.1, 0.15) is 23.6 Å². The molecule has 3 aromatic carbocycles. The van der Waals surface area contributed by atoms with Gasteiger partial charge in [0.25, 0.3) is 0 Å². The minimum Gasteiger partial charge on any atom is -0.275 e. The van der Waals surface area contributed by atoms with Crippen LogP contribution in [0, 0.1) is 18.3 Å². The zero-order chi connectivity index (χ0) is 19.7. The summed E-state index contributed by atoms with van der Waals surface area (Å²) in [5.41, 5.74) is 8.46. The lowest BCUT2D eigenvalue weighted by atomic mass is 9.91. The van der Waals surface area contributed by atoms with Gasteiger partial charge in [-0.05, 0) is 71.5 Å². The van der Waals surface area contributed by atoms with Gasteiger partial charge in [-0.25, -0.2) is 0 Å². The Balaban J connectivity index is 1.93. The molecule has 4 rings (SSSR count). The van der Waals surface area contributed by atoms with Gasteiger partial charge in [-0.3, -0.25) is 4.68 Å². The summed E-state index contributed by atoms with van der Waals surface area (Å²) in [5.74, 6) is 0. The zero-order valence-corrected chi connectivity index (χ0v) is 16.3. The lowest BCUT2D eigenvalue weighted by molar-refractivity contribution is 0.780. The van der Waals surface area contributed by atoms with Crippen molar-refractivity contribution in [2.75, 3.05) is 0 Å². The number of nitriles is 1. The second-order valence-electron chi connectivity index (χ2n) is 7.02. The van der Waals surface area contributed by atoms with Crippen LogP contribution < -0.4 is 0 Å². The number of nitrogens with zero attached hydrogens (tertiary/aromatic N) is 3. The molecule has 0 radical (unpaired) electrons. The van der Waals surface area contributed by atoms with Crippen LogP contribution in [0.4, 0.5) is 0 Å². The average molecular weight is 363 g/mol. The molecule has 0 aliphatic heterocycles. The van der Waals surface area contributed by atoms with Crippen molar-refractivity contribution < 1.29 is 0 Å². The number of benzene rings is 3. The van der Waals surface area contributed by atoms with E-state index >= 15 is 0 Å². The fourth-order valence-corrected chi connectivity index (χ4v) is 3.62. The largest absolute Gasteiger partial charge is 0.275 e. The van der Waals surface area contributed by atoms with Gasteiger partial charge in [0.05, 0.1) is 17.1 Å². The first-order valence-electron chi connectivity index (χ1n) is 9.30. The van der Waals surface area contributed by atoms with Crippen molar-refractivity contribution in [1.82, 2.24) is 9.78 Å². The maximum absolute atomic E-state index is 9.26. The second kappa shape index (κ2) is 7.17. The number of aromatic nitrogens is 2. The Morgan fingerprint density at radius 2 is 1.75 bits per heavy atom. The number of hydrogen-bond acceptors (Lipinski definition) is 2. The molecule has 0 spiro atoms. The fraction of sp³-hybridized carbons (Fsp3) is 0.120. The van der Waals surface area contributed by atoms with Crippen molar-refractivity contribution >= 4 is 17.0 Å². The highest BCUT2D eigenvalue weighted by Gasteiger charge is 2.11. The van der Waals surface area contributed by atoms with Gasteiger partial charge in [0.2, 0.25) is 0 Å². The lowest BCUT2D eigenvalue weighted by Gasteiger charge is -2.13. The number of rotatable bonds is 3. The minimum absolute atomic E-state index is 0.715. The molecule has 1 aromatic heterocycles. The van der Waals surface area contributed by atoms with Gasteiger partial charge >= 0.3 is 0 Å². The molecule has 0 saturated carbocycles. The van der Waals surface area contributed by atoms with Crippen LogP contribution in [-0.4, -0.2) is 9.78 Å².